The summed E-state index contributed by atoms with van der Waals surface area (Å²) < 4.78 is 21.1. The molecule has 7 nitrogen and oxygen atoms in total. The number of likely N-dealkylation sites (N-methyl/N-ethyl adjacent to an activating group) is 1. The van der Waals surface area contributed by atoms with Gasteiger partial charge in [-0.3, -0.25) is 0 Å². The van der Waals surface area contributed by atoms with Crippen molar-refractivity contribution in [2.45, 2.75) is 6.10 Å². The van der Waals surface area contributed by atoms with Crippen LogP contribution in [-0.2, 0) is 0 Å². The first-order valence-electron chi connectivity index (χ1n) is 7.98. The summed E-state index contributed by atoms with van der Waals surface area (Å²) in [5.41, 5.74) is 0.898. The van der Waals surface area contributed by atoms with Gasteiger partial charge in [0.25, 0.3) is 0 Å². The first kappa shape index (κ1) is 19.6. The molecule has 1 unspecified atom stereocenters. The number of carbonyl (C=O) groups excluding carboxylic acids is 1. The Morgan fingerprint density at radius 1 is 1.08 bits per heavy atom. The van der Waals surface area contributed by atoms with E-state index in [0.717, 1.165) is 0 Å². The van der Waals surface area contributed by atoms with Gasteiger partial charge in [0, 0.05) is 6.54 Å². The Morgan fingerprint density at radius 3 is 2.27 bits per heavy atom. The predicted molar refractivity (Wildman–Crippen MR) is 96.4 cm³/mol. The van der Waals surface area contributed by atoms with Gasteiger partial charge in [-0.05, 0) is 36.9 Å². The zero-order valence-electron chi connectivity index (χ0n) is 15.2. The molecular weight excluding hydrogens is 338 g/mol. The Hall–Kier alpha value is -2.77. The molecule has 2 aromatic rings. The van der Waals surface area contributed by atoms with Crippen LogP contribution in [0.5, 0.6) is 23.0 Å². The number of carbonyl (C=O) groups is 1. The minimum atomic E-state index is -0.695. The van der Waals surface area contributed by atoms with E-state index < -0.39 is 12.1 Å². The largest absolute Gasteiger partial charge is 0.493 e. The second kappa shape index (κ2) is 9.07. The molecule has 2 rings (SSSR count). The molecular formula is C19H23NO6. The summed E-state index contributed by atoms with van der Waals surface area (Å²) >= 11 is 0. The van der Waals surface area contributed by atoms with E-state index in [-0.39, 0.29) is 5.56 Å². The summed E-state index contributed by atoms with van der Waals surface area (Å²) in [7, 11) is 6.18. The highest BCUT2D eigenvalue weighted by Gasteiger charge is 2.18. The second-order valence-corrected chi connectivity index (χ2v) is 5.45. The smallest absolute Gasteiger partial charge is 0.343 e. The van der Waals surface area contributed by atoms with Crippen LogP contribution >= 0.6 is 0 Å². The van der Waals surface area contributed by atoms with Gasteiger partial charge in [-0.2, -0.15) is 0 Å². The van der Waals surface area contributed by atoms with Crippen LogP contribution in [0.3, 0.4) is 0 Å². The van der Waals surface area contributed by atoms with Crippen molar-refractivity contribution in [2.75, 3.05) is 34.9 Å². The van der Waals surface area contributed by atoms with Gasteiger partial charge in [0.05, 0.1) is 33.0 Å². The molecule has 2 N–H and O–H groups in total. The highest BCUT2D eigenvalue weighted by atomic mass is 16.5. The van der Waals surface area contributed by atoms with Gasteiger partial charge in [0.15, 0.2) is 11.5 Å². The van der Waals surface area contributed by atoms with E-state index in [0.29, 0.717) is 35.1 Å². The average molecular weight is 361 g/mol. The van der Waals surface area contributed by atoms with Crippen LogP contribution in [0.2, 0.25) is 0 Å². The molecule has 140 valence electrons. The average Bonchev–Trinajstić information content (AvgIpc) is 2.67. The van der Waals surface area contributed by atoms with E-state index in [1.165, 1.54) is 33.5 Å². The van der Waals surface area contributed by atoms with Crippen LogP contribution < -0.4 is 24.3 Å². The standard InChI is InChI=1S/C19H23NO6/c1-20-11-15(21)12-6-5-7-14(8-12)26-19(22)13-9-16(23-2)18(25-4)17(10-13)24-3/h5-10,15,20-21H,11H2,1-4H3. The van der Waals surface area contributed by atoms with E-state index in [9.17, 15) is 9.90 Å². The number of esters is 1. The fourth-order valence-corrected chi connectivity index (χ4v) is 2.46. The Balaban J connectivity index is 2.26. The fraction of sp³-hybridized carbons (Fsp3) is 0.316. The van der Waals surface area contributed by atoms with E-state index >= 15 is 0 Å². The van der Waals surface area contributed by atoms with Crippen molar-refractivity contribution in [3.05, 3.63) is 47.5 Å². The SMILES string of the molecule is CNCC(O)c1cccc(OC(=O)c2cc(OC)c(OC)c(OC)c2)c1. The molecule has 1 atom stereocenters. The summed E-state index contributed by atoms with van der Waals surface area (Å²) in [5, 5.41) is 12.9. The van der Waals surface area contributed by atoms with Crippen LogP contribution in [0.4, 0.5) is 0 Å². The third-order valence-electron chi connectivity index (χ3n) is 3.75. The van der Waals surface area contributed by atoms with Gasteiger partial charge in [0.2, 0.25) is 5.75 Å². The van der Waals surface area contributed by atoms with Crippen molar-refractivity contribution in [3.63, 3.8) is 0 Å². The van der Waals surface area contributed by atoms with Crippen molar-refractivity contribution in [1.29, 1.82) is 0 Å². The van der Waals surface area contributed by atoms with Crippen molar-refractivity contribution < 1.29 is 28.8 Å². The summed E-state index contributed by atoms with van der Waals surface area (Å²) in [5.74, 6) is 0.860. The Bertz CT molecular complexity index is 736. The van der Waals surface area contributed by atoms with Crippen LogP contribution in [0, 0.1) is 0 Å². The maximum absolute atomic E-state index is 12.5. The molecule has 7 heteroatoms. The molecule has 0 aliphatic carbocycles. The van der Waals surface area contributed by atoms with Crippen molar-refractivity contribution in [1.82, 2.24) is 5.32 Å². The molecule has 0 radical (unpaired) electrons. The number of nitrogens with one attached hydrogen (secondary N) is 1. The van der Waals surface area contributed by atoms with E-state index in [1.807, 2.05) is 0 Å². The third kappa shape index (κ3) is 4.44. The molecule has 0 aliphatic rings. The number of rotatable bonds is 8. The van der Waals surface area contributed by atoms with Gasteiger partial charge in [-0.15, -0.1) is 0 Å². The van der Waals surface area contributed by atoms with Gasteiger partial charge >= 0.3 is 5.97 Å². The van der Waals surface area contributed by atoms with E-state index in [1.54, 1.807) is 31.3 Å². The van der Waals surface area contributed by atoms with Crippen molar-refractivity contribution in [2.24, 2.45) is 0 Å². The Labute approximate surface area is 152 Å². The lowest BCUT2D eigenvalue weighted by molar-refractivity contribution is 0.0733. The second-order valence-electron chi connectivity index (χ2n) is 5.45. The number of benzene rings is 2. The van der Waals surface area contributed by atoms with Crippen LogP contribution in [0.1, 0.15) is 22.0 Å². The number of ether oxygens (including phenoxy) is 4. The monoisotopic (exact) mass is 361 g/mol. The normalized spacial score (nSPS) is 11.6. The quantitative estimate of drug-likeness (QED) is 0.550. The molecule has 0 heterocycles. The highest BCUT2D eigenvalue weighted by Crippen LogP contribution is 2.38. The molecule has 0 fully saturated rings. The molecule has 0 spiro atoms. The predicted octanol–water partition coefficient (Wildman–Crippen LogP) is 2.18. The number of methoxy groups -OCH3 is 3. The first-order chi connectivity index (χ1) is 12.5. The third-order valence-corrected chi connectivity index (χ3v) is 3.75. The van der Waals surface area contributed by atoms with Crippen LogP contribution in [0.15, 0.2) is 36.4 Å². The minimum Gasteiger partial charge on any atom is -0.493 e. The number of hydrogen-bond acceptors (Lipinski definition) is 7. The summed E-state index contributed by atoms with van der Waals surface area (Å²) in [6.07, 6.45) is -0.695. The number of aliphatic hydroxyl groups is 1. The molecule has 0 saturated carbocycles. The molecule has 0 aliphatic heterocycles. The lowest BCUT2D eigenvalue weighted by Gasteiger charge is -2.14. The molecule has 2 aromatic carbocycles. The number of aliphatic hydroxyl groups excluding tert-OH is 1. The maximum Gasteiger partial charge on any atom is 0.343 e. The Morgan fingerprint density at radius 2 is 1.73 bits per heavy atom. The van der Waals surface area contributed by atoms with Gasteiger partial charge in [-0.1, -0.05) is 12.1 Å². The van der Waals surface area contributed by atoms with Crippen molar-refractivity contribution in [3.8, 4) is 23.0 Å². The van der Waals surface area contributed by atoms with Gasteiger partial charge < -0.3 is 29.4 Å². The topological polar surface area (TPSA) is 86.2 Å². The van der Waals surface area contributed by atoms with Crippen molar-refractivity contribution >= 4 is 5.97 Å². The van der Waals surface area contributed by atoms with Crippen LogP contribution in [0.25, 0.3) is 0 Å². The summed E-state index contributed by atoms with van der Waals surface area (Å²) in [6.45, 7) is 0.393. The molecule has 26 heavy (non-hydrogen) atoms. The molecule has 0 saturated heterocycles. The highest BCUT2D eigenvalue weighted by molar-refractivity contribution is 5.92. The number of hydrogen-bond donors (Lipinski definition) is 2. The minimum absolute atomic E-state index is 0.251. The molecule has 0 bridgehead atoms. The van der Waals surface area contributed by atoms with E-state index in [4.69, 9.17) is 18.9 Å². The maximum atomic E-state index is 12.5. The molecule has 0 amide bonds. The lowest BCUT2D eigenvalue weighted by atomic mass is 10.1. The fourth-order valence-electron chi connectivity index (χ4n) is 2.46. The zero-order valence-corrected chi connectivity index (χ0v) is 15.2. The zero-order chi connectivity index (χ0) is 19.1. The van der Waals surface area contributed by atoms with Gasteiger partial charge in [-0.25, -0.2) is 4.79 Å². The van der Waals surface area contributed by atoms with Crippen LogP contribution in [-0.4, -0.2) is 46.0 Å². The Kier molecular flexibility index (Phi) is 6.82. The van der Waals surface area contributed by atoms with Gasteiger partial charge in [0.1, 0.15) is 5.75 Å². The summed E-state index contributed by atoms with van der Waals surface area (Å²) in [4.78, 5) is 12.5. The molecule has 0 aromatic heterocycles. The van der Waals surface area contributed by atoms with E-state index in [2.05, 4.69) is 5.32 Å². The lowest BCUT2D eigenvalue weighted by Crippen LogP contribution is -2.17. The summed E-state index contributed by atoms with van der Waals surface area (Å²) in [6, 6.07) is 9.78. The first-order valence-corrected chi connectivity index (χ1v) is 7.98.